The Kier molecular flexibility index (Phi) is 4.27. The van der Waals surface area contributed by atoms with Crippen LogP contribution in [0.2, 0.25) is 0 Å². The first-order valence-corrected chi connectivity index (χ1v) is 7.30. The Morgan fingerprint density at radius 3 is 2.77 bits per heavy atom. The van der Waals surface area contributed by atoms with E-state index in [0.717, 1.165) is 25.7 Å². The Bertz CT molecular complexity index is 621. The molecule has 1 N–H and O–H groups in total. The molecule has 0 unspecified atom stereocenters. The molecule has 2 heterocycles. The fourth-order valence-corrected chi connectivity index (χ4v) is 2.55. The van der Waals surface area contributed by atoms with Crippen LogP contribution in [-0.2, 0) is 7.05 Å². The van der Waals surface area contributed by atoms with Gasteiger partial charge in [0.05, 0.1) is 12.4 Å². The predicted molar refractivity (Wildman–Crippen MR) is 77.2 cm³/mol. The summed E-state index contributed by atoms with van der Waals surface area (Å²) in [7, 11) is 1.73. The minimum absolute atomic E-state index is 0.126. The lowest BCUT2D eigenvalue weighted by Gasteiger charge is -2.28. The highest BCUT2D eigenvalue weighted by Crippen LogP contribution is 2.22. The third kappa shape index (κ3) is 3.57. The summed E-state index contributed by atoms with van der Waals surface area (Å²) in [6.07, 6.45) is 10.1. The number of carbonyl (C=O) groups is 1. The molecule has 0 aromatic carbocycles. The number of hydrogen-bond donors (Lipinski definition) is 1. The first-order valence-electron chi connectivity index (χ1n) is 7.30. The molecule has 1 aliphatic rings. The lowest BCUT2D eigenvalue weighted by atomic mass is 9.93. The van der Waals surface area contributed by atoms with E-state index < -0.39 is 0 Å². The number of aryl methyl sites for hydroxylation is 1. The standard InChI is InChI=1S/C14H18N6O2/c1-20-9-12(18-19-20)14(21)17-10-2-4-11(5-3-10)22-13-8-15-6-7-16-13/h6-11H,2-5H2,1H3,(H,17,21). The van der Waals surface area contributed by atoms with Gasteiger partial charge in [0.1, 0.15) is 6.10 Å². The Morgan fingerprint density at radius 2 is 2.14 bits per heavy atom. The topological polar surface area (TPSA) is 94.8 Å². The molecule has 0 atom stereocenters. The molecule has 1 saturated carbocycles. The van der Waals surface area contributed by atoms with Gasteiger partial charge >= 0.3 is 0 Å². The lowest BCUT2D eigenvalue weighted by Crippen LogP contribution is -2.39. The molecule has 2 aromatic heterocycles. The molecule has 1 fully saturated rings. The molecular formula is C14H18N6O2. The summed E-state index contributed by atoms with van der Waals surface area (Å²) in [5, 5.41) is 10.6. The highest BCUT2D eigenvalue weighted by molar-refractivity contribution is 5.92. The van der Waals surface area contributed by atoms with Crippen molar-refractivity contribution in [3.05, 3.63) is 30.5 Å². The number of hydrogen-bond acceptors (Lipinski definition) is 6. The van der Waals surface area contributed by atoms with E-state index in [2.05, 4.69) is 25.6 Å². The maximum absolute atomic E-state index is 12.0. The van der Waals surface area contributed by atoms with E-state index in [-0.39, 0.29) is 18.1 Å². The highest BCUT2D eigenvalue weighted by Gasteiger charge is 2.24. The van der Waals surface area contributed by atoms with Gasteiger partial charge in [-0.3, -0.25) is 14.5 Å². The van der Waals surface area contributed by atoms with Gasteiger partial charge in [-0.2, -0.15) is 0 Å². The molecule has 1 aliphatic carbocycles. The second-order valence-corrected chi connectivity index (χ2v) is 5.39. The molecule has 0 saturated heterocycles. The maximum atomic E-state index is 12.0. The van der Waals surface area contributed by atoms with Crippen LogP contribution in [0.15, 0.2) is 24.8 Å². The smallest absolute Gasteiger partial charge is 0.273 e. The average molecular weight is 302 g/mol. The normalized spacial score (nSPS) is 21.3. The molecular weight excluding hydrogens is 284 g/mol. The Balaban J connectivity index is 1.46. The summed E-state index contributed by atoms with van der Waals surface area (Å²) >= 11 is 0. The third-order valence-corrected chi connectivity index (χ3v) is 3.67. The van der Waals surface area contributed by atoms with Gasteiger partial charge in [-0.15, -0.1) is 5.10 Å². The molecule has 8 heteroatoms. The zero-order valence-corrected chi connectivity index (χ0v) is 12.3. The molecule has 3 rings (SSSR count). The molecule has 8 nitrogen and oxygen atoms in total. The van der Waals surface area contributed by atoms with Gasteiger partial charge in [-0.05, 0) is 25.7 Å². The summed E-state index contributed by atoms with van der Waals surface area (Å²) in [4.78, 5) is 20.1. The van der Waals surface area contributed by atoms with Gasteiger partial charge in [-0.25, -0.2) is 4.98 Å². The predicted octanol–water partition coefficient (Wildman–Crippen LogP) is 0.725. The van der Waals surface area contributed by atoms with Crippen molar-refractivity contribution in [2.75, 3.05) is 0 Å². The number of aromatic nitrogens is 5. The van der Waals surface area contributed by atoms with E-state index in [1.54, 1.807) is 31.8 Å². The number of nitrogens with one attached hydrogen (secondary N) is 1. The summed E-state index contributed by atoms with van der Waals surface area (Å²) in [5.41, 5.74) is 0.348. The SMILES string of the molecule is Cn1cc(C(=O)NC2CCC(Oc3cnccn3)CC2)nn1. The van der Waals surface area contributed by atoms with E-state index in [4.69, 9.17) is 4.74 Å². The Morgan fingerprint density at radius 1 is 1.32 bits per heavy atom. The third-order valence-electron chi connectivity index (χ3n) is 3.67. The van der Waals surface area contributed by atoms with E-state index in [9.17, 15) is 4.79 Å². The number of amides is 1. The summed E-state index contributed by atoms with van der Waals surface area (Å²) in [6, 6.07) is 0.149. The van der Waals surface area contributed by atoms with Crippen LogP contribution in [0.5, 0.6) is 5.88 Å². The van der Waals surface area contributed by atoms with Gasteiger partial charge in [0.15, 0.2) is 5.69 Å². The second-order valence-electron chi connectivity index (χ2n) is 5.39. The number of ether oxygens (including phenoxy) is 1. The Hall–Kier alpha value is -2.51. The van der Waals surface area contributed by atoms with Crippen LogP contribution < -0.4 is 10.1 Å². The largest absolute Gasteiger partial charge is 0.473 e. The van der Waals surface area contributed by atoms with Crippen LogP contribution in [0.4, 0.5) is 0 Å². The first kappa shape index (κ1) is 14.4. The molecule has 0 bridgehead atoms. The van der Waals surface area contributed by atoms with Crippen molar-refractivity contribution in [3.8, 4) is 5.88 Å². The molecule has 0 radical (unpaired) electrons. The van der Waals surface area contributed by atoms with Crippen molar-refractivity contribution in [2.45, 2.75) is 37.8 Å². The first-order chi connectivity index (χ1) is 10.7. The summed E-state index contributed by atoms with van der Waals surface area (Å²) in [6.45, 7) is 0. The zero-order valence-electron chi connectivity index (χ0n) is 12.3. The van der Waals surface area contributed by atoms with Crippen molar-refractivity contribution in [1.82, 2.24) is 30.3 Å². The Labute approximate surface area is 127 Å². The van der Waals surface area contributed by atoms with Gasteiger partial charge in [-0.1, -0.05) is 5.21 Å². The molecule has 116 valence electrons. The van der Waals surface area contributed by atoms with Crippen LogP contribution in [0.1, 0.15) is 36.2 Å². The van der Waals surface area contributed by atoms with Crippen molar-refractivity contribution >= 4 is 5.91 Å². The minimum atomic E-state index is -0.175. The number of nitrogens with zero attached hydrogens (tertiary/aromatic N) is 5. The molecule has 22 heavy (non-hydrogen) atoms. The molecule has 1 amide bonds. The van der Waals surface area contributed by atoms with Crippen LogP contribution in [0.3, 0.4) is 0 Å². The fourth-order valence-electron chi connectivity index (χ4n) is 2.55. The zero-order chi connectivity index (χ0) is 15.4. The van der Waals surface area contributed by atoms with Gasteiger partial charge in [0, 0.05) is 25.5 Å². The van der Waals surface area contributed by atoms with Crippen LogP contribution in [0, 0.1) is 0 Å². The van der Waals surface area contributed by atoms with Crippen molar-refractivity contribution < 1.29 is 9.53 Å². The van der Waals surface area contributed by atoms with Gasteiger partial charge < -0.3 is 10.1 Å². The fraction of sp³-hybridized carbons (Fsp3) is 0.500. The maximum Gasteiger partial charge on any atom is 0.273 e. The van der Waals surface area contributed by atoms with E-state index in [0.29, 0.717) is 11.6 Å². The van der Waals surface area contributed by atoms with Crippen LogP contribution in [-0.4, -0.2) is 43.0 Å². The monoisotopic (exact) mass is 302 g/mol. The van der Waals surface area contributed by atoms with E-state index in [1.165, 1.54) is 4.68 Å². The molecule has 2 aromatic rings. The van der Waals surface area contributed by atoms with Crippen molar-refractivity contribution in [1.29, 1.82) is 0 Å². The second kappa shape index (κ2) is 6.50. The van der Waals surface area contributed by atoms with Crippen molar-refractivity contribution in [3.63, 3.8) is 0 Å². The van der Waals surface area contributed by atoms with Crippen LogP contribution >= 0.6 is 0 Å². The quantitative estimate of drug-likeness (QED) is 0.894. The summed E-state index contributed by atoms with van der Waals surface area (Å²) in [5.74, 6) is 0.376. The highest BCUT2D eigenvalue weighted by atomic mass is 16.5. The average Bonchev–Trinajstić information content (AvgIpc) is 2.97. The van der Waals surface area contributed by atoms with Gasteiger partial charge in [0.2, 0.25) is 5.88 Å². The molecule has 0 aliphatic heterocycles. The number of rotatable bonds is 4. The van der Waals surface area contributed by atoms with E-state index in [1.807, 2.05) is 0 Å². The van der Waals surface area contributed by atoms with Crippen LogP contribution in [0.25, 0.3) is 0 Å². The number of carbonyl (C=O) groups excluding carboxylic acids is 1. The van der Waals surface area contributed by atoms with Gasteiger partial charge in [0.25, 0.3) is 5.91 Å². The van der Waals surface area contributed by atoms with Crippen molar-refractivity contribution in [2.24, 2.45) is 7.05 Å². The summed E-state index contributed by atoms with van der Waals surface area (Å²) < 4.78 is 7.30. The van der Waals surface area contributed by atoms with E-state index >= 15 is 0 Å². The lowest BCUT2D eigenvalue weighted by molar-refractivity contribution is 0.0885. The molecule has 0 spiro atoms. The minimum Gasteiger partial charge on any atom is -0.473 e.